The molecule has 1 amide bonds. The monoisotopic (exact) mass is 362 g/mol. The van der Waals surface area contributed by atoms with Crippen molar-refractivity contribution in [1.82, 2.24) is 9.80 Å². The Balaban J connectivity index is 1.63. The van der Waals surface area contributed by atoms with Gasteiger partial charge in [-0.2, -0.15) is 0 Å². The quantitative estimate of drug-likeness (QED) is 0.831. The standard InChI is InChI=1S/C20H30N2O4/c1-25-11-10-21-13-17(14-23)20(15-21)6-8-22(9-7-20)19(24)16-4-3-5-18(12-16)26-2/h3-5,12,17,23H,6-11,13-15H2,1-2H3. The molecule has 6 nitrogen and oxygen atoms in total. The lowest BCUT2D eigenvalue weighted by Crippen LogP contribution is -2.47. The molecule has 2 aliphatic heterocycles. The van der Waals surface area contributed by atoms with E-state index in [1.807, 2.05) is 23.1 Å². The topological polar surface area (TPSA) is 62.2 Å². The van der Waals surface area contributed by atoms with Crippen molar-refractivity contribution in [3.05, 3.63) is 29.8 Å². The fraction of sp³-hybridized carbons (Fsp3) is 0.650. The van der Waals surface area contributed by atoms with Crippen molar-refractivity contribution in [2.45, 2.75) is 12.8 Å². The molecule has 0 aliphatic carbocycles. The van der Waals surface area contributed by atoms with Crippen molar-refractivity contribution in [3.63, 3.8) is 0 Å². The average Bonchev–Trinajstić information content (AvgIpc) is 3.03. The lowest BCUT2D eigenvalue weighted by atomic mass is 9.71. The highest BCUT2D eigenvalue weighted by atomic mass is 16.5. The number of likely N-dealkylation sites (tertiary alicyclic amines) is 2. The minimum Gasteiger partial charge on any atom is -0.497 e. The van der Waals surface area contributed by atoms with Gasteiger partial charge in [0, 0.05) is 57.9 Å². The Morgan fingerprint density at radius 1 is 1.31 bits per heavy atom. The van der Waals surface area contributed by atoms with Crippen LogP contribution in [0.25, 0.3) is 0 Å². The third-order valence-electron chi connectivity index (χ3n) is 6.08. The Labute approximate surface area is 155 Å². The van der Waals surface area contributed by atoms with Crippen molar-refractivity contribution in [3.8, 4) is 5.75 Å². The molecular formula is C20H30N2O4. The molecule has 1 atom stereocenters. The van der Waals surface area contributed by atoms with Crippen LogP contribution in [0, 0.1) is 11.3 Å². The Kier molecular flexibility index (Phi) is 6.16. The van der Waals surface area contributed by atoms with E-state index < -0.39 is 0 Å². The molecule has 1 aromatic rings. The van der Waals surface area contributed by atoms with Crippen molar-refractivity contribution in [2.24, 2.45) is 11.3 Å². The molecule has 2 saturated heterocycles. The third kappa shape index (κ3) is 3.87. The van der Waals surface area contributed by atoms with Crippen LogP contribution in [0.15, 0.2) is 24.3 Å². The summed E-state index contributed by atoms with van der Waals surface area (Å²) in [5.41, 5.74) is 0.792. The molecule has 2 heterocycles. The molecule has 0 saturated carbocycles. The number of ether oxygens (including phenoxy) is 2. The molecule has 2 aliphatic rings. The minimum atomic E-state index is 0.0635. The largest absolute Gasteiger partial charge is 0.497 e. The normalized spacial score (nSPS) is 22.7. The van der Waals surface area contributed by atoms with E-state index in [4.69, 9.17) is 9.47 Å². The van der Waals surface area contributed by atoms with Gasteiger partial charge >= 0.3 is 0 Å². The summed E-state index contributed by atoms with van der Waals surface area (Å²) in [5, 5.41) is 9.89. The zero-order valence-electron chi connectivity index (χ0n) is 15.8. The second kappa shape index (κ2) is 8.37. The molecule has 1 N–H and O–H groups in total. The van der Waals surface area contributed by atoms with Crippen LogP contribution in [0.1, 0.15) is 23.2 Å². The molecule has 0 radical (unpaired) electrons. The zero-order chi connectivity index (χ0) is 18.6. The molecule has 3 rings (SSSR count). The maximum atomic E-state index is 12.8. The summed E-state index contributed by atoms with van der Waals surface area (Å²) in [6.45, 7) is 5.23. The Bertz CT molecular complexity index is 614. The number of hydrogen-bond acceptors (Lipinski definition) is 5. The number of carbonyl (C=O) groups excluding carboxylic acids is 1. The molecule has 0 bridgehead atoms. The van der Waals surface area contributed by atoms with Gasteiger partial charge in [-0.25, -0.2) is 0 Å². The number of aliphatic hydroxyl groups is 1. The summed E-state index contributed by atoms with van der Waals surface area (Å²) in [6.07, 6.45) is 1.88. The molecule has 26 heavy (non-hydrogen) atoms. The van der Waals surface area contributed by atoms with Crippen LogP contribution in [0.4, 0.5) is 0 Å². The number of rotatable bonds is 6. The molecule has 6 heteroatoms. The number of methoxy groups -OCH3 is 2. The van der Waals surface area contributed by atoms with E-state index in [1.54, 1.807) is 20.3 Å². The van der Waals surface area contributed by atoms with Crippen molar-refractivity contribution in [2.75, 3.05) is 60.2 Å². The fourth-order valence-electron chi connectivity index (χ4n) is 4.45. The maximum absolute atomic E-state index is 12.8. The van der Waals surface area contributed by atoms with E-state index in [1.165, 1.54) is 0 Å². The molecule has 1 aromatic carbocycles. The van der Waals surface area contributed by atoms with Gasteiger partial charge in [-0.3, -0.25) is 4.79 Å². The number of aliphatic hydroxyl groups excluding tert-OH is 1. The van der Waals surface area contributed by atoms with Gasteiger partial charge in [-0.1, -0.05) is 6.07 Å². The van der Waals surface area contributed by atoms with Gasteiger partial charge in [0.25, 0.3) is 5.91 Å². The van der Waals surface area contributed by atoms with Gasteiger partial charge in [0.05, 0.1) is 13.7 Å². The zero-order valence-corrected chi connectivity index (χ0v) is 15.8. The van der Waals surface area contributed by atoms with E-state index in [-0.39, 0.29) is 23.8 Å². The first kappa shape index (κ1) is 19.1. The SMILES string of the molecule is COCCN1CC(CO)C2(CCN(C(=O)c3cccc(OC)c3)CC2)C1. The molecule has 1 unspecified atom stereocenters. The smallest absolute Gasteiger partial charge is 0.253 e. The third-order valence-corrected chi connectivity index (χ3v) is 6.08. The second-order valence-electron chi connectivity index (χ2n) is 7.49. The van der Waals surface area contributed by atoms with E-state index in [0.29, 0.717) is 17.9 Å². The highest BCUT2D eigenvalue weighted by Gasteiger charge is 2.47. The van der Waals surface area contributed by atoms with Crippen molar-refractivity contribution >= 4 is 5.91 Å². The van der Waals surface area contributed by atoms with Crippen LogP contribution in [0.2, 0.25) is 0 Å². The summed E-state index contributed by atoms with van der Waals surface area (Å²) in [4.78, 5) is 17.2. The van der Waals surface area contributed by atoms with Crippen molar-refractivity contribution in [1.29, 1.82) is 0 Å². The van der Waals surface area contributed by atoms with Crippen molar-refractivity contribution < 1.29 is 19.4 Å². The number of amides is 1. The molecule has 2 fully saturated rings. The predicted octanol–water partition coefficient (Wildman–Crippen LogP) is 1.49. The summed E-state index contributed by atoms with van der Waals surface area (Å²) in [5.74, 6) is 1.05. The van der Waals surface area contributed by atoms with E-state index in [2.05, 4.69) is 4.90 Å². The van der Waals surface area contributed by atoms with Gasteiger partial charge in [0.2, 0.25) is 0 Å². The van der Waals surface area contributed by atoms with Gasteiger partial charge in [-0.15, -0.1) is 0 Å². The van der Waals surface area contributed by atoms with Gasteiger partial charge in [0.15, 0.2) is 0 Å². The summed E-state index contributed by atoms with van der Waals surface area (Å²) in [7, 11) is 3.33. The van der Waals surface area contributed by atoms with Crippen LogP contribution >= 0.6 is 0 Å². The van der Waals surface area contributed by atoms with Crippen LogP contribution in [0.3, 0.4) is 0 Å². The maximum Gasteiger partial charge on any atom is 0.253 e. The van der Waals surface area contributed by atoms with Crippen LogP contribution in [0.5, 0.6) is 5.75 Å². The summed E-state index contributed by atoms with van der Waals surface area (Å²) < 4.78 is 10.4. The first-order valence-corrected chi connectivity index (χ1v) is 9.37. The second-order valence-corrected chi connectivity index (χ2v) is 7.49. The average molecular weight is 362 g/mol. The number of piperidine rings is 1. The highest BCUT2D eigenvalue weighted by molar-refractivity contribution is 5.94. The van der Waals surface area contributed by atoms with Gasteiger partial charge < -0.3 is 24.4 Å². The van der Waals surface area contributed by atoms with E-state index in [9.17, 15) is 9.90 Å². The molecule has 1 spiro atoms. The summed E-state index contributed by atoms with van der Waals surface area (Å²) >= 11 is 0. The van der Waals surface area contributed by atoms with E-state index in [0.717, 1.165) is 45.6 Å². The lowest BCUT2D eigenvalue weighted by Gasteiger charge is -2.42. The predicted molar refractivity (Wildman–Crippen MR) is 99.5 cm³/mol. The van der Waals surface area contributed by atoms with Crippen LogP contribution in [-0.2, 0) is 4.74 Å². The number of carbonyl (C=O) groups is 1. The lowest BCUT2D eigenvalue weighted by molar-refractivity contribution is 0.0398. The Morgan fingerprint density at radius 2 is 2.08 bits per heavy atom. The van der Waals surface area contributed by atoms with Crippen LogP contribution in [-0.4, -0.2) is 81.0 Å². The first-order chi connectivity index (χ1) is 12.6. The Morgan fingerprint density at radius 3 is 2.73 bits per heavy atom. The highest BCUT2D eigenvalue weighted by Crippen LogP contribution is 2.44. The number of nitrogens with zero attached hydrogens (tertiary/aromatic N) is 2. The number of hydrogen-bond donors (Lipinski definition) is 1. The number of benzene rings is 1. The minimum absolute atomic E-state index is 0.0635. The molecular weight excluding hydrogens is 332 g/mol. The fourth-order valence-corrected chi connectivity index (χ4v) is 4.45. The first-order valence-electron chi connectivity index (χ1n) is 9.37. The van der Waals surface area contributed by atoms with Gasteiger partial charge in [-0.05, 0) is 36.5 Å². The van der Waals surface area contributed by atoms with Crippen LogP contribution < -0.4 is 4.74 Å². The molecule has 0 aromatic heterocycles. The summed E-state index contributed by atoms with van der Waals surface area (Å²) in [6, 6.07) is 7.34. The van der Waals surface area contributed by atoms with E-state index >= 15 is 0 Å². The Hall–Kier alpha value is -1.63. The molecule has 144 valence electrons. The van der Waals surface area contributed by atoms with Gasteiger partial charge in [0.1, 0.15) is 5.75 Å².